The van der Waals surface area contributed by atoms with Gasteiger partial charge in [0.25, 0.3) is 0 Å². The van der Waals surface area contributed by atoms with E-state index in [1.807, 2.05) is 6.07 Å². The molecule has 0 saturated heterocycles. The average molecular weight is 1480 g/mol. The summed E-state index contributed by atoms with van der Waals surface area (Å²) in [6, 6.07) is 159. The molecular weight excluding hydrogens is 1410 g/mol. The highest BCUT2D eigenvalue weighted by atomic mass is 79.9. The van der Waals surface area contributed by atoms with Crippen molar-refractivity contribution >= 4 is 98.1 Å². The Bertz CT molecular complexity index is 6780. The zero-order valence-corrected chi connectivity index (χ0v) is 62.6. The van der Waals surface area contributed by atoms with Gasteiger partial charge in [0.15, 0.2) is 0 Å². The van der Waals surface area contributed by atoms with Gasteiger partial charge in [0.05, 0.1) is 38.6 Å². The van der Waals surface area contributed by atoms with Crippen LogP contribution < -0.4 is 4.90 Å². The summed E-state index contributed by atoms with van der Waals surface area (Å²) in [6.45, 7) is 0. The molecule has 0 amide bonds. The molecule has 111 heavy (non-hydrogen) atoms. The number of aromatic nitrogens is 2. The van der Waals surface area contributed by atoms with Crippen LogP contribution in [0.15, 0.2) is 441 Å². The highest BCUT2D eigenvalue weighted by Gasteiger charge is 2.48. The molecule has 4 heteroatoms. The fraction of sp³-hybridized carbons (Fsp3) is 0.0280. The van der Waals surface area contributed by atoms with Crippen molar-refractivity contribution in [3.63, 3.8) is 0 Å². The maximum absolute atomic E-state index is 3.58. The summed E-state index contributed by atoms with van der Waals surface area (Å²) in [7, 11) is 0. The number of nitrogens with zero attached hydrogens (tertiary/aromatic N) is 3. The van der Waals surface area contributed by atoms with Crippen molar-refractivity contribution in [1.82, 2.24) is 9.13 Å². The normalized spacial score (nSPS) is 12.7. The minimum Gasteiger partial charge on any atom is -0.310 e. The van der Waals surface area contributed by atoms with Crippen LogP contribution in [0.4, 0.5) is 17.1 Å². The molecular formula is C107H74BrN3. The second-order valence-corrected chi connectivity index (χ2v) is 30.0. The molecule has 0 saturated carbocycles. The van der Waals surface area contributed by atoms with E-state index in [4.69, 9.17) is 0 Å². The lowest BCUT2D eigenvalue weighted by Gasteiger charge is -2.35. The SMILES string of the molecule is Brc1ccc2c3ccccc3n(-c3ccccc3)c2c1.c1ccc(-n2c3ccccc3c3ccc(N(c4ccc5c(c4)C(c4ccccc4)(c4ccccc4)c4ccccc4-5)c4cccc5ccccc45)cc32)cc1.c1ccc(C2(c3ccccc3)c3ccccc3-c3ccc(Cc4cccc5ccccc45)cc32)cc1. The minimum absolute atomic E-state index is 0.344. The first-order valence-corrected chi connectivity index (χ1v) is 39.1. The molecule has 20 aromatic rings. The maximum Gasteiger partial charge on any atom is 0.0714 e. The Labute approximate surface area is 655 Å². The van der Waals surface area contributed by atoms with Crippen LogP contribution in [-0.4, -0.2) is 9.13 Å². The lowest BCUT2D eigenvalue weighted by atomic mass is 9.67. The number of hydrogen-bond acceptors (Lipinski definition) is 1. The number of para-hydroxylation sites is 4. The highest BCUT2D eigenvalue weighted by Crippen LogP contribution is 2.59. The smallest absolute Gasteiger partial charge is 0.0714 e. The third kappa shape index (κ3) is 11.2. The molecule has 0 radical (unpaired) electrons. The first kappa shape index (κ1) is 66.8. The van der Waals surface area contributed by atoms with Crippen molar-refractivity contribution < 1.29 is 0 Å². The van der Waals surface area contributed by atoms with Crippen LogP contribution in [-0.2, 0) is 17.3 Å². The zero-order valence-electron chi connectivity index (χ0n) is 61.0. The van der Waals surface area contributed by atoms with Crippen LogP contribution in [0, 0.1) is 0 Å². The van der Waals surface area contributed by atoms with Crippen LogP contribution >= 0.6 is 15.9 Å². The van der Waals surface area contributed by atoms with E-state index in [9.17, 15) is 0 Å². The quantitative estimate of drug-likeness (QED) is 0.126. The summed E-state index contributed by atoms with van der Waals surface area (Å²) < 4.78 is 5.82. The van der Waals surface area contributed by atoms with E-state index in [2.05, 4.69) is 461 Å². The molecule has 0 N–H and O–H groups in total. The van der Waals surface area contributed by atoms with Gasteiger partial charge in [0, 0.05) is 54.2 Å². The van der Waals surface area contributed by atoms with E-state index in [1.54, 1.807) is 0 Å². The molecule has 0 fully saturated rings. The Balaban J connectivity index is 0.000000122. The van der Waals surface area contributed by atoms with Gasteiger partial charge in [-0.3, -0.25) is 0 Å². The van der Waals surface area contributed by atoms with Crippen molar-refractivity contribution in [2.75, 3.05) is 4.90 Å². The number of anilines is 3. The van der Waals surface area contributed by atoms with E-state index in [0.29, 0.717) is 0 Å². The molecule has 18 aromatic carbocycles. The van der Waals surface area contributed by atoms with Gasteiger partial charge in [-0.2, -0.15) is 0 Å². The Hall–Kier alpha value is -13.6. The van der Waals surface area contributed by atoms with Crippen LogP contribution in [0.25, 0.3) is 98.8 Å². The van der Waals surface area contributed by atoms with E-state index in [0.717, 1.165) is 33.6 Å². The number of halogens is 1. The third-order valence-corrected chi connectivity index (χ3v) is 23.6. The van der Waals surface area contributed by atoms with Gasteiger partial charge in [-0.1, -0.05) is 374 Å². The van der Waals surface area contributed by atoms with Gasteiger partial charge in [-0.25, -0.2) is 0 Å². The summed E-state index contributed by atoms with van der Waals surface area (Å²) in [6.07, 6.45) is 0.907. The first-order chi connectivity index (χ1) is 55.0. The number of hydrogen-bond donors (Lipinski definition) is 0. The average Bonchev–Trinajstić information content (AvgIpc) is 1.55. The van der Waals surface area contributed by atoms with Crippen molar-refractivity contribution in [2.24, 2.45) is 0 Å². The van der Waals surface area contributed by atoms with Crippen LogP contribution in [0.1, 0.15) is 55.6 Å². The Morgan fingerprint density at radius 1 is 0.243 bits per heavy atom. The second-order valence-electron chi connectivity index (χ2n) is 29.1. The summed E-state index contributed by atoms with van der Waals surface area (Å²) in [4.78, 5) is 2.47. The van der Waals surface area contributed by atoms with Gasteiger partial charge in [-0.15, -0.1) is 0 Å². The fourth-order valence-electron chi connectivity index (χ4n) is 18.4. The topological polar surface area (TPSA) is 13.1 Å². The maximum atomic E-state index is 3.58. The molecule has 0 unspecified atom stereocenters. The van der Waals surface area contributed by atoms with Gasteiger partial charge < -0.3 is 14.0 Å². The summed E-state index contributed by atoms with van der Waals surface area (Å²) in [5.74, 6) is 0. The Kier molecular flexibility index (Phi) is 16.9. The van der Waals surface area contributed by atoms with Crippen molar-refractivity contribution in [1.29, 1.82) is 0 Å². The van der Waals surface area contributed by atoms with Crippen molar-refractivity contribution in [3.05, 3.63) is 497 Å². The summed E-state index contributed by atoms with van der Waals surface area (Å²) in [5, 5.41) is 10.1. The predicted octanol–water partition coefficient (Wildman–Crippen LogP) is 28.1. The van der Waals surface area contributed by atoms with E-state index in [-0.39, 0.29) is 5.41 Å². The van der Waals surface area contributed by atoms with Crippen molar-refractivity contribution in [2.45, 2.75) is 17.3 Å². The van der Waals surface area contributed by atoms with Crippen LogP contribution in [0.5, 0.6) is 0 Å². The lowest BCUT2D eigenvalue weighted by Crippen LogP contribution is -2.28. The number of rotatable bonds is 11. The third-order valence-electron chi connectivity index (χ3n) is 23.1. The Morgan fingerprint density at radius 3 is 1.15 bits per heavy atom. The monoisotopic (exact) mass is 1480 g/mol. The van der Waals surface area contributed by atoms with Crippen molar-refractivity contribution in [3.8, 4) is 33.6 Å². The molecule has 22 rings (SSSR count). The summed E-state index contributed by atoms with van der Waals surface area (Å²) >= 11 is 3.58. The highest BCUT2D eigenvalue weighted by molar-refractivity contribution is 9.10. The Morgan fingerprint density at radius 2 is 0.613 bits per heavy atom. The zero-order chi connectivity index (χ0) is 73.8. The lowest BCUT2D eigenvalue weighted by molar-refractivity contribution is 0.767. The van der Waals surface area contributed by atoms with Crippen LogP contribution in [0.3, 0.4) is 0 Å². The van der Waals surface area contributed by atoms with Gasteiger partial charge in [0.2, 0.25) is 0 Å². The molecule has 0 aliphatic heterocycles. The molecule has 2 aromatic heterocycles. The van der Waals surface area contributed by atoms with E-state index < -0.39 is 5.41 Å². The largest absolute Gasteiger partial charge is 0.310 e. The molecule has 2 aliphatic carbocycles. The van der Waals surface area contributed by atoms with Gasteiger partial charge >= 0.3 is 0 Å². The fourth-order valence-corrected chi connectivity index (χ4v) is 18.8. The van der Waals surface area contributed by atoms with Crippen LogP contribution in [0.2, 0.25) is 0 Å². The minimum atomic E-state index is -0.501. The molecule has 0 bridgehead atoms. The molecule has 3 nitrogen and oxygen atoms in total. The van der Waals surface area contributed by atoms with E-state index >= 15 is 0 Å². The predicted molar refractivity (Wildman–Crippen MR) is 469 cm³/mol. The molecule has 524 valence electrons. The van der Waals surface area contributed by atoms with E-state index in [1.165, 1.54) is 149 Å². The molecule has 0 spiro atoms. The second kappa shape index (κ2) is 28.2. The van der Waals surface area contributed by atoms with Gasteiger partial charge in [0.1, 0.15) is 0 Å². The number of benzene rings is 18. The standard InChI is InChI=1S/C53H36N2.C36H26.C18H12BrN/c1-4-19-38(20-5-1)53(39-21-6-2-7-22-39)48-28-14-12-26-44(48)45-33-31-41(35-49(45)53)54(50-30-16-18-37-17-10-11-25-43(37)50)42-32-34-47-46-27-13-15-29-51(46)55(52(47)36-42)40-23-8-3-9-24-40;1-3-15-29(16-4-1)36(30-17-5-2-6-18-30)34-21-10-9-20-32(34)33-23-22-26(25-35(33)36)24-28-14-11-13-27-12-7-8-19-31(27)28;19-13-10-11-16-15-8-4-5-9-17(15)20(18(16)12-13)14-6-2-1-3-7-14/h1-36H;1-23,25H,24H2;1-12H. The molecule has 2 aliphatic rings. The first-order valence-electron chi connectivity index (χ1n) is 38.3. The number of fused-ring (bicyclic) bond motifs is 14. The molecule has 0 atom stereocenters. The van der Waals surface area contributed by atoms with Gasteiger partial charge in [-0.05, 0) is 179 Å². The summed E-state index contributed by atoms with van der Waals surface area (Å²) in [5.41, 5.74) is 28.1. The molecule has 2 heterocycles.